The molecule has 1 fully saturated rings. The molecule has 0 unspecified atom stereocenters. The van der Waals surface area contributed by atoms with E-state index < -0.39 is 29.7 Å². The quantitative estimate of drug-likeness (QED) is 0.861. The summed E-state index contributed by atoms with van der Waals surface area (Å²) in [6, 6.07) is 3.52. The number of rotatable bonds is 5. The monoisotopic (exact) mass is 343 g/mol. The molecule has 4 nitrogen and oxygen atoms in total. The van der Waals surface area contributed by atoms with Crippen LogP contribution in [0, 0.1) is 5.92 Å². The van der Waals surface area contributed by atoms with E-state index in [1.165, 1.54) is 12.1 Å². The third-order valence-electron chi connectivity index (χ3n) is 4.32. The molecule has 132 valence electrons. The number of nitrogens with one attached hydrogen (secondary N) is 1. The molecule has 1 aliphatic rings. The van der Waals surface area contributed by atoms with Crippen molar-refractivity contribution >= 4 is 11.9 Å². The van der Waals surface area contributed by atoms with Gasteiger partial charge in [-0.25, -0.2) is 4.79 Å². The predicted octanol–water partition coefficient (Wildman–Crippen LogP) is 3.40. The standard InChI is InChI=1S/C17H20F3NO3/c18-17(19,20)13-8-4-5-11(9-13)10-14(22)21-15(16(23)24)12-6-2-1-3-7-12/h4-5,8-9,12,15H,1-3,6-7,10H2,(H,21,22)(H,23,24)/t15-/m1/s1. The van der Waals surface area contributed by atoms with Crippen LogP contribution in [0.2, 0.25) is 0 Å². The van der Waals surface area contributed by atoms with Crippen LogP contribution in [-0.2, 0) is 22.2 Å². The second kappa shape index (κ2) is 7.68. The lowest BCUT2D eigenvalue weighted by Crippen LogP contribution is -2.47. The Morgan fingerprint density at radius 2 is 1.88 bits per heavy atom. The summed E-state index contributed by atoms with van der Waals surface area (Å²) in [5, 5.41) is 11.8. The highest BCUT2D eigenvalue weighted by molar-refractivity contribution is 5.85. The minimum Gasteiger partial charge on any atom is -0.480 e. The smallest absolute Gasteiger partial charge is 0.416 e. The van der Waals surface area contributed by atoms with E-state index in [-0.39, 0.29) is 17.9 Å². The Balaban J connectivity index is 2.02. The number of carboxylic acid groups (broad SMARTS) is 1. The highest BCUT2D eigenvalue weighted by atomic mass is 19.4. The van der Waals surface area contributed by atoms with Crippen molar-refractivity contribution in [2.75, 3.05) is 0 Å². The number of alkyl halides is 3. The number of hydrogen-bond acceptors (Lipinski definition) is 2. The Morgan fingerprint density at radius 1 is 1.21 bits per heavy atom. The molecule has 0 aliphatic heterocycles. The predicted molar refractivity (Wildman–Crippen MR) is 81.3 cm³/mol. The second-order valence-corrected chi connectivity index (χ2v) is 6.16. The minimum absolute atomic E-state index is 0.123. The van der Waals surface area contributed by atoms with Gasteiger partial charge in [0.2, 0.25) is 5.91 Å². The maximum absolute atomic E-state index is 12.7. The first-order valence-corrected chi connectivity index (χ1v) is 7.95. The molecule has 7 heteroatoms. The molecular formula is C17H20F3NO3. The van der Waals surface area contributed by atoms with E-state index >= 15 is 0 Å². The van der Waals surface area contributed by atoms with Crippen molar-refractivity contribution in [3.63, 3.8) is 0 Å². The summed E-state index contributed by atoms with van der Waals surface area (Å²) in [4.78, 5) is 23.5. The van der Waals surface area contributed by atoms with Gasteiger partial charge in [0.15, 0.2) is 0 Å². The Bertz CT molecular complexity index is 595. The van der Waals surface area contributed by atoms with Gasteiger partial charge in [-0.3, -0.25) is 4.79 Å². The maximum Gasteiger partial charge on any atom is 0.416 e. The van der Waals surface area contributed by atoms with Crippen LogP contribution in [0.25, 0.3) is 0 Å². The number of amides is 1. The van der Waals surface area contributed by atoms with Crippen molar-refractivity contribution in [1.29, 1.82) is 0 Å². The molecule has 1 atom stereocenters. The van der Waals surface area contributed by atoms with Gasteiger partial charge in [0.05, 0.1) is 12.0 Å². The SMILES string of the molecule is O=C(Cc1cccc(C(F)(F)F)c1)N[C@@H](C(=O)O)C1CCCCC1. The molecule has 1 aromatic rings. The molecule has 2 N–H and O–H groups in total. The molecule has 0 heterocycles. The van der Waals surface area contributed by atoms with Crippen LogP contribution < -0.4 is 5.32 Å². The van der Waals surface area contributed by atoms with Crippen LogP contribution in [0.5, 0.6) is 0 Å². The molecular weight excluding hydrogens is 323 g/mol. The number of carbonyl (C=O) groups excluding carboxylic acids is 1. The zero-order valence-electron chi connectivity index (χ0n) is 13.1. The lowest BCUT2D eigenvalue weighted by Gasteiger charge is -2.28. The number of aliphatic carboxylic acids is 1. The first kappa shape index (κ1) is 18.3. The number of hydrogen-bond donors (Lipinski definition) is 2. The molecule has 1 saturated carbocycles. The summed E-state index contributed by atoms with van der Waals surface area (Å²) in [6.07, 6.45) is -0.364. The fourth-order valence-electron chi connectivity index (χ4n) is 3.12. The fraction of sp³-hybridized carbons (Fsp3) is 0.529. The van der Waals surface area contributed by atoms with E-state index in [9.17, 15) is 27.9 Å². The zero-order valence-corrected chi connectivity index (χ0v) is 13.1. The third-order valence-corrected chi connectivity index (χ3v) is 4.32. The first-order valence-electron chi connectivity index (χ1n) is 7.95. The van der Waals surface area contributed by atoms with E-state index in [1.807, 2.05) is 0 Å². The van der Waals surface area contributed by atoms with Gasteiger partial charge in [0.1, 0.15) is 6.04 Å². The van der Waals surface area contributed by atoms with Crippen LogP contribution in [0.1, 0.15) is 43.2 Å². The van der Waals surface area contributed by atoms with Gasteiger partial charge in [-0.2, -0.15) is 13.2 Å². The lowest BCUT2D eigenvalue weighted by molar-refractivity contribution is -0.143. The highest BCUT2D eigenvalue weighted by Crippen LogP contribution is 2.30. The Morgan fingerprint density at radius 3 is 2.46 bits per heavy atom. The summed E-state index contributed by atoms with van der Waals surface area (Å²) < 4.78 is 38.1. The fourth-order valence-corrected chi connectivity index (χ4v) is 3.12. The van der Waals surface area contributed by atoms with Crippen LogP contribution in [0.3, 0.4) is 0 Å². The average molecular weight is 343 g/mol. The highest BCUT2D eigenvalue weighted by Gasteiger charge is 2.32. The van der Waals surface area contributed by atoms with Gasteiger partial charge in [0, 0.05) is 0 Å². The van der Waals surface area contributed by atoms with Gasteiger partial charge in [0.25, 0.3) is 0 Å². The molecule has 1 amide bonds. The molecule has 0 spiro atoms. The normalized spacial score (nSPS) is 17.3. The first-order chi connectivity index (χ1) is 11.3. The Hall–Kier alpha value is -2.05. The second-order valence-electron chi connectivity index (χ2n) is 6.16. The molecule has 0 bridgehead atoms. The largest absolute Gasteiger partial charge is 0.480 e. The molecule has 2 rings (SSSR count). The number of carboxylic acids is 1. The van der Waals surface area contributed by atoms with Crippen molar-refractivity contribution in [3.8, 4) is 0 Å². The van der Waals surface area contributed by atoms with Crippen molar-refractivity contribution in [2.45, 2.75) is 50.7 Å². The van der Waals surface area contributed by atoms with E-state index in [1.54, 1.807) is 0 Å². The summed E-state index contributed by atoms with van der Waals surface area (Å²) in [7, 11) is 0. The van der Waals surface area contributed by atoms with Crippen LogP contribution in [-0.4, -0.2) is 23.0 Å². The topological polar surface area (TPSA) is 66.4 Å². The van der Waals surface area contributed by atoms with Crippen LogP contribution in [0.15, 0.2) is 24.3 Å². The summed E-state index contributed by atoms with van der Waals surface area (Å²) in [5.41, 5.74) is -0.620. The zero-order chi connectivity index (χ0) is 17.7. The van der Waals surface area contributed by atoms with E-state index in [0.717, 1.165) is 44.2 Å². The van der Waals surface area contributed by atoms with Gasteiger partial charge in [-0.15, -0.1) is 0 Å². The number of benzene rings is 1. The Kier molecular flexibility index (Phi) is 5.85. The van der Waals surface area contributed by atoms with Crippen LogP contribution >= 0.6 is 0 Å². The summed E-state index contributed by atoms with van der Waals surface area (Å²) in [5.74, 6) is -1.80. The molecule has 0 saturated heterocycles. The lowest BCUT2D eigenvalue weighted by atomic mass is 9.84. The van der Waals surface area contributed by atoms with Gasteiger partial charge < -0.3 is 10.4 Å². The van der Waals surface area contributed by atoms with Crippen molar-refractivity contribution in [3.05, 3.63) is 35.4 Å². The summed E-state index contributed by atoms with van der Waals surface area (Å²) in [6.45, 7) is 0. The number of halogens is 3. The third kappa shape index (κ3) is 4.97. The Labute approximate surface area is 138 Å². The van der Waals surface area contributed by atoms with Gasteiger partial charge in [-0.1, -0.05) is 37.5 Å². The molecule has 0 aromatic heterocycles. The number of carbonyl (C=O) groups is 2. The van der Waals surface area contributed by atoms with Crippen LogP contribution in [0.4, 0.5) is 13.2 Å². The molecule has 0 radical (unpaired) electrons. The van der Waals surface area contributed by atoms with E-state index in [0.29, 0.717) is 0 Å². The maximum atomic E-state index is 12.7. The van der Waals surface area contributed by atoms with E-state index in [4.69, 9.17) is 0 Å². The van der Waals surface area contributed by atoms with Gasteiger partial charge in [-0.05, 0) is 30.4 Å². The molecule has 1 aliphatic carbocycles. The summed E-state index contributed by atoms with van der Waals surface area (Å²) >= 11 is 0. The molecule has 24 heavy (non-hydrogen) atoms. The average Bonchev–Trinajstić information content (AvgIpc) is 2.52. The van der Waals surface area contributed by atoms with Crippen molar-refractivity contribution in [2.24, 2.45) is 5.92 Å². The van der Waals surface area contributed by atoms with E-state index in [2.05, 4.69) is 5.32 Å². The van der Waals surface area contributed by atoms with Gasteiger partial charge >= 0.3 is 12.1 Å². The van der Waals surface area contributed by atoms with Crippen molar-refractivity contribution in [1.82, 2.24) is 5.32 Å². The molecule has 1 aromatic carbocycles. The van der Waals surface area contributed by atoms with Crippen molar-refractivity contribution < 1.29 is 27.9 Å². The minimum atomic E-state index is -4.47.